The van der Waals surface area contributed by atoms with Gasteiger partial charge >= 0.3 is 5.69 Å². The van der Waals surface area contributed by atoms with E-state index < -0.39 is 16.4 Å². The Balaban J connectivity index is 2.41. The number of hydrogen-bond donors (Lipinski definition) is 0. The molecular formula is C13H11ClFN3O3. The van der Waals surface area contributed by atoms with E-state index in [1.807, 2.05) is 6.92 Å². The molecule has 0 unspecified atom stereocenters. The van der Waals surface area contributed by atoms with Gasteiger partial charge in [0.2, 0.25) is 5.82 Å². The Morgan fingerprint density at radius 2 is 2.14 bits per heavy atom. The Morgan fingerprint density at radius 1 is 1.43 bits per heavy atom. The van der Waals surface area contributed by atoms with Gasteiger partial charge in [0.1, 0.15) is 11.0 Å². The van der Waals surface area contributed by atoms with Crippen LogP contribution in [0.5, 0.6) is 0 Å². The number of aromatic nitrogens is 2. The van der Waals surface area contributed by atoms with Crippen LogP contribution in [0.25, 0.3) is 0 Å². The molecule has 8 heteroatoms. The lowest BCUT2D eigenvalue weighted by atomic mass is 10.2. The van der Waals surface area contributed by atoms with Crippen LogP contribution < -0.4 is 5.56 Å². The predicted octanol–water partition coefficient (Wildman–Crippen LogP) is 2.55. The van der Waals surface area contributed by atoms with E-state index in [0.717, 1.165) is 12.1 Å². The molecule has 0 radical (unpaired) electrons. The van der Waals surface area contributed by atoms with E-state index in [2.05, 4.69) is 4.98 Å². The maximum Gasteiger partial charge on any atom is 0.304 e. The molecule has 21 heavy (non-hydrogen) atoms. The predicted molar refractivity (Wildman–Crippen MR) is 75.0 cm³/mol. The Morgan fingerprint density at radius 3 is 2.71 bits per heavy atom. The highest BCUT2D eigenvalue weighted by Crippen LogP contribution is 2.18. The molecule has 0 spiro atoms. The minimum absolute atomic E-state index is 0.0705. The molecule has 2 aromatic rings. The lowest BCUT2D eigenvalue weighted by Crippen LogP contribution is -2.24. The van der Waals surface area contributed by atoms with Gasteiger partial charge in [-0.15, -0.1) is 0 Å². The normalized spacial score (nSPS) is 10.6. The number of nitro benzene ring substituents is 1. The van der Waals surface area contributed by atoms with Crippen molar-refractivity contribution in [2.45, 2.75) is 19.9 Å². The molecule has 0 atom stereocenters. The largest absolute Gasteiger partial charge is 0.304 e. The molecule has 0 saturated carbocycles. The molecule has 0 aliphatic heterocycles. The molecule has 1 heterocycles. The van der Waals surface area contributed by atoms with Crippen LogP contribution in [0.3, 0.4) is 0 Å². The number of halogens is 2. The smallest absolute Gasteiger partial charge is 0.292 e. The highest BCUT2D eigenvalue weighted by Gasteiger charge is 2.15. The Hall–Kier alpha value is -2.28. The fourth-order valence-corrected chi connectivity index (χ4v) is 2.13. The summed E-state index contributed by atoms with van der Waals surface area (Å²) in [6.07, 6.45) is 0.477. The number of nitro groups is 1. The molecule has 2 rings (SSSR count). The second-order valence-electron chi connectivity index (χ2n) is 4.32. The Bertz CT molecular complexity index is 761. The quantitative estimate of drug-likeness (QED) is 0.494. The van der Waals surface area contributed by atoms with Crippen LogP contribution in [0, 0.1) is 15.9 Å². The lowest BCUT2D eigenvalue weighted by molar-refractivity contribution is -0.387. The second-order valence-corrected chi connectivity index (χ2v) is 4.70. The van der Waals surface area contributed by atoms with E-state index in [1.165, 1.54) is 16.7 Å². The van der Waals surface area contributed by atoms with Crippen molar-refractivity contribution in [3.63, 3.8) is 0 Å². The summed E-state index contributed by atoms with van der Waals surface area (Å²) in [6, 6.07) is 4.69. The summed E-state index contributed by atoms with van der Waals surface area (Å²) in [7, 11) is 0. The van der Waals surface area contributed by atoms with Crippen LogP contribution in [-0.4, -0.2) is 14.5 Å². The molecule has 6 nitrogen and oxygen atoms in total. The number of aryl methyl sites for hydroxylation is 1. The highest BCUT2D eigenvalue weighted by atomic mass is 35.5. The van der Waals surface area contributed by atoms with E-state index in [0.29, 0.717) is 17.8 Å². The lowest BCUT2D eigenvalue weighted by Gasteiger charge is -2.11. The zero-order valence-electron chi connectivity index (χ0n) is 11.0. The summed E-state index contributed by atoms with van der Waals surface area (Å²) in [4.78, 5) is 25.7. The molecule has 0 aliphatic carbocycles. The topological polar surface area (TPSA) is 78.0 Å². The first-order chi connectivity index (χ1) is 9.92. The molecular weight excluding hydrogens is 301 g/mol. The van der Waals surface area contributed by atoms with E-state index in [1.54, 1.807) is 0 Å². The van der Waals surface area contributed by atoms with Crippen LogP contribution in [-0.2, 0) is 13.0 Å². The first-order valence-corrected chi connectivity index (χ1v) is 6.49. The molecule has 0 fully saturated rings. The van der Waals surface area contributed by atoms with Gasteiger partial charge in [-0.3, -0.25) is 19.5 Å². The van der Waals surface area contributed by atoms with Crippen LogP contribution >= 0.6 is 11.6 Å². The summed E-state index contributed by atoms with van der Waals surface area (Å²) in [5.41, 5.74) is -0.527. The van der Waals surface area contributed by atoms with Gasteiger partial charge < -0.3 is 0 Å². The average Bonchev–Trinajstić information content (AvgIpc) is 2.41. The van der Waals surface area contributed by atoms with E-state index in [9.17, 15) is 19.3 Å². The summed E-state index contributed by atoms with van der Waals surface area (Å²) in [6.45, 7) is 1.88. The molecule has 0 N–H and O–H groups in total. The fraction of sp³-hybridized carbons (Fsp3) is 0.231. The van der Waals surface area contributed by atoms with Crippen LogP contribution in [0.2, 0.25) is 5.15 Å². The number of benzene rings is 1. The van der Waals surface area contributed by atoms with Gasteiger partial charge in [-0.25, -0.2) is 4.98 Å². The standard InChI is InChI=1S/C13H11ClFN3O3/c1-2-12-16-11(14)6-13(19)17(12)7-8-3-4-10(18(20)21)9(15)5-8/h3-6H,2,7H2,1H3. The second kappa shape index (κ2) is 6.01. The van der Waals surface area contributed by atoms with Crippen molar-refractivity contribution in [3.8, 4) is 0 Å². The minimum Gasteiger partial charge on any atom is -0.292 e. The zero-order valence-corrected chi connectivity index (χ0v) is 11.8. The monoisotopic (exact) mass is 311 g/mol. The van der Waals surface area contributed by atoms with E-state index in [-0.39, 0.29) is 17.3 Å². The summed E-state index contributed by atoms with van der Waals surface area (Å²) in [5.74, 6) is -0.475. The SMILES string of the molecule is CCc1nc(Cl)cc(=O)n1Cc1ccc([N+](=O)[O-])c(F)c1. The maximum absolute atomic E-state index is 13.6. The number of hydrogen-bond acceptors (Lipinski definition) is 4. The fourth-order valence-electron chi connectivity index (χ4n) is 1.94. The van der Waals surface area contributed by atoms with Crippen molar-refractivity contribution in [2.24, 2.45) is 0 Å². The van der Waals surface area contributed by atoms with E-state index in [4.69, 9.17) is 11.6 Å². The van der Waals surface area contributed by atoms with Crippen LogP contribution in [0.4, 0.5) is 10.1 Å². The summed E-state index contributed by atoms with van der Waals surface area (Å²) < 4.78 is 14.9. The number of nitrogens with zero attached hydrogens (tertiary/aromatic N) is 3. The van der Waals surface area contributed by atoms with Crippen LogP contribution in [0.15, 0.2) is 29.1 Å². The van der Waals surface area contributed by atoms with Crippen molar-refractivity contribution in [3.05, 3.63) is 67.1 Å². The summed E-state index contributed by atoms with van der Waals surface area (Å²) >= 11 is 5.73. The first-order valence-electron chi connectivity index (χ1n) is 6.11. The maximum atomic E-state index is 13.6. The van der Waals surface area contributed by atoms with Crippen molar-refractivity contribution >= 4 is 17.3 Å². The zero-order chi connectivity index (χ0) is 15.6. The third-order valence-corrected chi connectivity index (χ3v) is 3.12. The molecule has 0 saturated heterocycles. The average molecular weight is 312 g/mol. The molecule has 1 aromatic carbocycles. The third-order valence-electron chi connectivity index (χ3n) is 2.92. The van der Waals surface area contributed by atoms with Gasteiger partial charge in [-0.1, -0.05) is 24.6 Å². The van der Waals surface area contributed by atoms with E-state index >= 15 is 0 Å². The van der Waals surface area contributed by atoms with Gasteiger partial charge in [-0.2, -0.15) is 4.39 Å². The van der Waals surface area contributed by atoms with Crippen molar-refractivity contribution in [1.29, 1.82) is 0 Å². The van der Waals surface area contributed by atoms with Crippen molar-refractivity contribution < 1.29 is 9.31 Å². The molecule has 110 valence electrons. The third kappa shape index (κ3) is 3.25. The minimum atomic E-state index is -0.939. The van der Waals surface area contributed by atoms with Crippen molar-refractivity contribution in [2.75, 3.05) is 0 Å². The summed E-state index contributed by atoms with van der Waals surface area (Å²) in [5, 5.41) is 10.7. The van der Waals surface area contributed by atoms with Gasteiger partial charge in [0, 0.05) is 18.6 Å². The van der Waals surface area contributed by atoms with Gasteiger partial charge in [0.15, 0.2) is 0 Å². The van der Waals surface area contributed by atoms with Crippen molar-refractivity contribution in [1.82, 2.24) is 9.55 Å². The molecule has 0 aliphatic rings. The van der Waals surface area contributed by atoms with Gasteiger partial charge in [-0.05, 0) is 11.6 Å². The van der Waals surface area contributed by atoms with Gasteiger partial charge in [0.25, 0.3) is 5.56 Å². The molecule has 0 bridgehead atoms. The number of rotatable bonds is 4. The Labute approximate surface area is 124 Å². The van der Waals surface area contributed by atoms with Crippen LogP contribution in [0.1, 0.15) is 18.3 Å². The first kappa shape index (κ1) is 15.1. The Kier molecular flexibility index (Phi) is 4.32. The molecule has 0 amide bonds. The van der Waals surface area contributed by atoms with Gasteiger partial charge in [0.05, 0.1) is 11.5 Å². The highest BCUT2D eigenvalue weighted by molar-refractivity contribution is 6.29. The molecule has 1 aromatic heterocycles.